The molecule has 0 fully saturated rings. The number of fused-ring (bicyclic) bond motifs is 6. The zero-order chi connectivity index (χ0) is 37.0. The molecule has 5 nitrogen and oxygen atoms in total. The quantitative estimate of drug-likeness (QED) is 0.171. The Hall–Kier alpha value is -7.28. The van der Waals surface area contributed by atoms with Crippen LogP contribution in [0.2, 0.25) is 0 Å². The fraction of sp³-hybridized carbons (Fsp3) is 0. The van der Waals surface area contributed by atoms with Crippen LogP contribution < -0.4 is 0 Å². The minimum atomic E-state index is 0.607. The Balaban J connectivity index is 1.31. The van der Waals surface area contributed by atoms with E-state index >= 15 is 0 Å². The lowest BCUT2D eigenvalue weighted by atomic mass is 9.88. The standard InChI is InChI=1S/C50H31N5S/c1-5-18-32(19-6-1)42-43(37-27-13-14-28-38(37)46-44(42)45(33-20-7-2-8-21-33)54-55(46)35-24-11-4-12-25-35)50-52-48(34-22-9-3-10-23-34)51-49(53-50)40-30-17-29-39-36-26-15-16-31-41(36)56-47(39)40/h1-31H. The summed E-state index contributed by atoms with van der Waals surface area (Å²) in [5, 5.41) is 11.0. The van der Waals surface area contributed by atoms with E-state index in [-0.39, 0.29) is 0 Å². The third kappa shape index (κ3) is 5.22. The molecule has 56 heavy (non-hydrogen) atoms. The van der Waals surface area contributed by atoms with Crippen molar-refractivity contribution in [3.63, 3.8) is 0 Å². The monoisotopic (exact) mass is 733 g/mol. The second-order valence-corrected chi connectivity index (χ2v) is 14.9. The topological polar surface area (TPSA) is 56.5 Å². The molecule has 0 atom stereocenters. The lowest BCUT2D eigenvalue weighted by molar-refractivity contribution is 0.918. The molecule has 0 radical (unpaired) electrons. The predicted octanol–water partition coefficient (Wildman–Crippen LogP) is 13.1. The second-order valence-electron chi connectivity index (χ2n) is 13.8. The molecule has 0 spiro atoms. The normalized spacial score (nSPS) is 11.6. The molecule has 0 saturated heterocycles. The van der Waals surface area contributed by atoms with Crippen LogP contribution in [0.5, 0.6) is 0 Å². The highest BCUT2D eigenvalue weighted by Crippen LogP contribution is 2.48. The first-order valence-corrected chi connectivity index (χ1v) is 19.5. The average Bonchev–Trinajstić information content (AvgIpc) is 3.87. The Kier molecular flexibility index (Phi) is 7.60. The molecule has 11 aromatic rings. The van der Waals surface area contributed by atoms with E-state index in [2.05, 4.69) is 162 Å². The van der Waals surface area contributed by atoms with Gasteiger partial charge >= 0.3 is 0 Å². The van der Waals surface area contributed by atoms with Gasteiger partial charge in [-0.25, -0.2) is 19.6 Å². The summed E-state index contributed by atoms with van der Waals surface area (Å²) in [6, 6.07) is 65.4. The maximum Gasteiger partial charge on any atom is 0.165 e. The summed E-state index contributed by atoms with van der Waals surface area (Å²) in [7, 11) is 0. The van der Waals surface area contributed by atoms with Crippen LogP contribution in [-0.4, -0.2) is 24.7 Å². The van der Waals surface area contributed by atoms with Gasteiger partial charge in [-0.1, -0.05) is 164 Å². The molecule has 0 unspecified atom stereocenters. The van der Waals surface area contributed by atoms with Crippen molar-refractivity contribution in [1.82, 2.24) is 24.7 Å². The maximum atomic E-state index is 5.49. The number of para-hydroxylation sites is 1. The average molecular weight is 734 g/mol. The van der Waals surface area contributed by atoms with Crippen molar-refractivity contribution in [3.8, 4) is 62.2 Å². The van der Waals surface area contributed by atoms with Crippen LogP contribution in [-0.2, 0) is 0 Å². The number of aromatic nitrogens is 5. The Morgan fingerprint density at radius 1 is 0.393 bits per heavy atom. The first kappa shape index (κ1) is 32.2. The molecule has 3 heterocycles. The summed E-state index contributed by atoms with van der Waals surface area (Å²) >= 11 is 1.78. The smallest absolute Gasteiger partial charge is 0.165 e. The van der Waals surface area contributed by atoms with Crippen LogP contribution >= 0.6 is 11.3 Å². The molecule has 0 bridgehead atoms. The summed E-state index contributed by atoms with van der Waals surface area (Å²) in [4.78, 5) is 16.1. The van der Waals surface area contributed by atoms with Gasteiger partial charge in [0.1, 0.15) is 5.69 Å². The summed E-state index contributed by atoms with van der Waals surface area (Å²) in [5.74, 6) is 1.86. The minimum Gasteiger partial charge on any atom is -0.232 e. The van der Waals surface area contributed by atoms with E-state index < -0.39 is 0 Å². The molecule has 0 aliphatic carbocycles. The zero-order valence-corrected chi connectivity index (χ0v) is 30.9. The first-order chi connectivity index (χ1) is 27.8. The number of benzene rings is 8. The van der Waals surface area contributed by atoms with Gasteiger partial charge in [-0.15, -0.1) is 11.3 Å². The maximum absolute atomic E-state index is 5.49. The summed E-state index contributed by atoms with van der Waals surface area (Å²) < 4.78 is 4.50. The molecule has 0 saturated carbocycles. The summed E-state index contributed by atoms with van der Waals surface area (Å²) in [6.45, 7) is 0. The van der Waals surface area contributed by atoms with E-state index in [0.29, 0.717) is 17.5 Å². The minimum absolute atomic E-state index is 0.607. The summed E-state index contributed by atoms with van der Waals surface area (Å²) in [6.07, 6.45) is 0. The first-order valence-electron chi connectivity index (χ1n) is 18.7. The van der Waals surface area contributed by atoms with Crippen molar-refractivity contribution in [1.29, 1.82) is 0 Å². The Labute approximate surface area is 326 Å². The van der Waals surface area contributed by atoms with Crippen molar-refractivity contribution in [2.45, 2.75) is 0 Å². The van der Waals surface area contributed by atoms with Gasteiger partial charge in [0.25, 0.3) is 0 Å². The van der Waals surface area contributed by atoms with Crippen LogP contribution in [0.1, 0.15) is 0 Å². The molecule has 0 aliphatic rings. The van der Waals surface area contributed by atoms with Crippen LogP contribution in [0.15, 0.2) is 188 Å². The SMILES string of the molecule is c1ccc(-c2nc(-c3c(-c4ccccc4)c4c(-c5ccccc5)nn(-c5ccccc5)c4c4ccccc34)nc(-c3cccc4c3sc3ccccc34)n2)cc1. The predicted molar refractivity (Wildman–Crippen MR) is 232 cm³/mol. The number of thiophene rings is 1. The molecule has 0 aliphatic heterocycles. The van der Waals surface area contributed by atoms with Gasteiger partial charge in [0.2, 0.25) is 0 Å². The van der Waals surface area contributed by atoms with Gasteiger partial charge in [0.05, 0.1) is 11.2 Å². The molecule has 0 N–H and O–H groups in total. The third-order valence-electron chi connectivity index (χ3n) is 10.5. The van der Waals surface area contributed by atoms with E-state index in [1.54, 1.807) is 11.3 Å². The third-order valence-corrected chi connectivity index (χ3v) is 11.7. The van der Waals surface area contributed by atoms with Crippen LogP contribution in [0.4, 0.5) is 0 Å². The molecule has 0 amide bonds. The number of hydrogen-bond acceptors (Lipinski definition) is 5. The van der Waals surface area contributed by atoms with Crippen molar-refractivity contribution < 1.29 is 0 Å². The van der Waals surface area contributed by atoms with Crippen molar-refractivity contribution in [2.75, 3.05) is 0 Å². The Bertz CT molecular complexity index is 3230. The Morgan fingerprint density at radius 2 is 0.946 bits per heavy atom. The lowest BCUT2D eigenvalue weighted by Crippen LogP contribution is -2.03. The summed E-state index contributed by atoms with van der Waals surface area (Å²) in [5.41, 5.74) is 8.87. The fourth-order valence-corrected chi connectivity index (χ4v) is 9.21. The lowest BCUT2D eigenvalue weighted by Gasteiger charge is -2.18. The van der Waals surface area contributed by atoms with E-state index in [1.165, 1.54) is 15.5 Å². The highest BCUT2D eigenvalue weighted by molar-refractivity contribution is 7.26. The molecule has 262 valence electrons. The van der Waals surface area contributed by atoms with Crippen molar-refractivity contribution in [3.05, 3.63) is 188 Å². The van der Waals surface area contributed by atoms with Crippen molar-refractivity contribution in [2.24, 2.45) is 0 Å². The largest absolute Gasteiger partial charge is 0.232 e. The van der Waals surface area contributed by atoms with Gasteiger partial charge in [0.15, 0.2) is 17.5 Å². The van der Waals surface area contributed by atoms with E-state index in [0.717, 1.165) is 71.1 Å². The number of rotatable bonds is 6. The number of nitrogens with zero attached hydrogens (tertiary/aromatic N) is 5. The van der Waals surface area contributed by atoms with Crippen LogP contribution in [0, 0.1) is 0 Å². The van der Waals surface area contributed by atoms with Gasteiger partial charge in [-0.2, -0.15) is 5.10 Å². The van der Waals surface area contributed by atoms with E-state index in [1.807, 2.05) is 30.3 Å². The van der Waals surface area contributed by atoms with Gasteiger partial charge in [-0.05, 0) is 35.2 Å². The molecule has 8 aromatic carbocycles. The van der Waals surface area contributed by atoms with Crippen molar-refractivity contribution >= 4 is 53.2 Å². The van der Waals surface area contributed by atoms with Crippen LogP contribution in [0.3, 0.4) is 0 Å². The zero-order valence-electron chi connectivity index (χ0n) is 30.0. The molecular weight excluding hydrogens is 703 g/mol. The second kappa shape index (κ2) is 13.2. The van der Waals surface area contributed by atoms with Gasteiger partial charge in [-0.3, -0.25) is 0 Å². The van der Waals surface area contributed by atoms with E-state index in [4.69, 9.17) is 20.1 Å². The van der Waals surface area contributed by atoms with Gasteiger partial charge in [0, 0.05) is 58.8 Å². The highest BCUT2D eigenvalue weighted by Gasteiger charge is 2.27. The Morgan fingerprint density at radius 3 is 1.68 bits per heavy atom. The van der Waals surface area contributed by atoms with E-state index in [9.17, 15) is 0 Å². The van der Waals surface area contributed by atoms with Crippen LogP contribution in [0.25, 0.3) is 104 Å². The molecule has 3 aromatic heterocycles. The fourth-order valence-electron chi connectivity index (χ4n) is 8.00. The van der Waals surface area contributed by atoms with Gasteiger partial charge < -0.3 is 0 Å². The molecule has 6 heteroatoms. The molecule has 11 rings (SSSR count). The highest BCUT2D eigenvalue weighted by atomic mass is 32.1. The number of hydrogen-bond donors (Lipinski definition) is 0. The molecular formula is C50H31N5S.